The molecule has 0 nitrogen and oxygen atoms in total. The van der Waals surface area contributed by atoms with Crippen LogP contribution in [0.3, 0.4) is 0 Å². The first-order valence-electron chi connectivity index (χ1n) is 7.17. The number of aryl methyl sites for hydroxylation is 1. The van der Waals surface area contributed by atoms with E-state index in [2.05, 4.69) is 32.1 Å². The van der Waals surface area contributed by atoms with E-state index in [4.69, 9.17) is 0 Å². The number of unbranched alkanes of at least 4 members (excludes halogenated alkanes) is 1. The largest absolute Gasteiger partial charge is 0.207 e. The first-order valence-corrected chi connectivity index (χ1v) is 7.17. The highest BCUT2D eigenvalue weighted by Gasteiger charge is 2.15. The zero-order valence-corrected chi connectivity index (χ0v) is 11.5. The van der Waals surface area contributed by atoms with E-state index in [1.165, 1.54) is 6.42 Å². The highest BCUT2D eigenvalue weighted by atomic mass is 19.1. The second-order valence-electron chi connectivity index (χ2n) is 5.50. The van der Waals surface area contributed by atoms with Gasteiger partial charge in [-0.2, -0.15) is 0 Å². The van der Waals surface area contributed by atoms with Crippen molar-refractivity contribution >= 4 is 0 Å². The third kappa shape index (κ3) is 3.22. The van der Waals surface area contributed by atoms with Crippen molar-refractivity contribution < 1.29 is 4.39 Å². The average Bonchev–Trinajstić information content (AvgIpc) is 2.38. The summed E-state index contributed by atoms with van der Waals surface area (Å²) in [5.74, 6) is 1.07. The van der Waals surface area contributed by atoms with E-state index in [-0.39, 0.29) is 5.82 Å². The fourth-order valence-corrected chi connectivity index (χ4v) is 2.60. The number of hydrogen-bond acceptors (Lipinski definition) is 0. The Morgan fingerprint density at radius 2 is 2.06 bits per heavy atom. The standard InChI is InChI=1S/C17H23F/c1-3-4-5-15-10-11-16(12-17(15)18)14-8-6-13(2)7-9-14/h6,8,10-14H,3-5,7,9H2,1-2H3. The smallest absolute Gasteiger partial charge is 0.126 e. The van der Waals surface area contributed by atoms with Crippen LogP contribution in [-0.4, -0.2) is 0 Å². The van der Waals surface area contributed by atoms with Gasteiger partial charge in [0.15, 0.2) is 0 Å². The van der Waals surface area contributed by atoms with Crippen LogP contribution in [0.5, 0.6) is 0 Å². The number of hydrogen-bond donors (Lipinski definition) is 0. The first kappa shape index (κ1) is 13.3. The van der Waals surface area contributed by atoms with Crippen LogP contribution < -0.4 is 0 Å². The SMILES string of the molecule is CCCCc1ccc(C2C=CC(C)CC2)cc1F. The molecule has 0 aromatic heterocycles. The summed E-state index contributed by atoms with van der Waals surface area (Å²) in [6, 6.07) is 5.83. The summed E-state index contributed by atoms with van der Waals surface area (Å²) in [4.78, 5) is 0. The van der Waals surface area contributed by atoms with Crippen molar-refractivity contribution in [1.29, 1.82) is 0 Å². The van der Waals surface area contributed by atoms with E-state index in [0.717, 1.165) is 36.8 Å². The molecule has 98 valence electrons. The van der Waals surface area contributed by atoms with Crippen molar-refractivity contribution in [3.63, 3.8) is 0 Å². The molecule has 0 bridgehead atoms. The lowest BCUT2D eigenvalue weighted by Gasteiger charge is -2.21. The second-order valence-corrected chi connectivity index (χ2v) is 5.50. The van der Waals surface area contributed by atoms with E-state index in [1.54, 1.807) is 6.07 Å². The van der Waals surface area contributed by atoms with E-state index in [9.17, 15) is 4.39 Å². The van der Waals surface area contributed by atoms with Gasteiger partial charge in [-0.3, -0.25) is 0 Å². The normalized spacial score (nSPS) is 23.3. The molecule has 2 atom stereocenters. The Hall–Kier alpha value is -1.11. The van der Waals surface area contributed by atoms with Crippen molar-refractivity contribution in [3.05, 3.63) is 47.3 Å². The third-order valence-corrected chi connectivity index (χ3v) is 3.91. The minimum atomic E-state index is -0.0204. The van der Waals surface area contributed by atoms with Gasteiger partial charge in [0.2, 0.25) is 0 Å². The molecular formula is C17H23F. The highest BCUT2D eigenvalue weighted by Crippen LogP contribution is 2.31. The summed E-state index contributed by atoms with van der Waals surface area (Å²) in [5, 5.41) is 0. The van der Waals surface area contributed by atoms with Crippen molar-refractivity contribution in [2.24, 2.45) is 5.92 Å². The van der Waals surface area contributed by atoms with Crippen LogP contribution in [0.15, 0.2) is 30.4 Å². The summed E-state index contributed by atoms with van der Waals surface area (Å²) >= 11 is 0. The Kier molecular flexibility index (Phi) is 4.57. The molecule has 0 amide bonds. The lowest BCUT2D eigenvalue weighted by Crippen LogP contribution is -2.05. The molecule has 1 aromatic rings. The highest BCUT2D eigenvalue weighted by molar-refractivity contribution is 5.30. The van der Waals surface area contributed by atoms with Crippen LogP contribution in [0, 0.1) is 11.7 Å². The lowest BCUT2D eigenvalue weighted by molar-refractivity contribution is 0.541. The summed E-state index contributed by atoms with van der Waals surface area (Å²) in [6.45, 7) is 4.38. The van der Waals surface area contributed by atoms with Crippen LogP contribution in [0.4, 0.5) is 4.39 Å². The van der Waals surface area contributed by atoms with Crippen molar-refractivity contribution in [2.45, 2.75) is 51.9 Å². The molecule has 2 unspecified atom stereocenters. The van der Waals surface area contributed by atoms with Gasteiger partial charge >= 0.3 is 0 Å². The van der Waals surface area contributed by atoms with Crippen LogP contribution in [0.25, 0.3) is 0 Å². The van der Waals surface area contributed by atoms with Gasteiger partial charge < -0.3 is 0 Å². The van der Waals surface area contributed by atoms with Gasteiger partial charge in [0, 0.05) is 5.92 Å². The third-order valence-electron chi connectivity index (χ3n) is 3.91. The molecule has 0 N–H and O–H groups in total. The maximum atomic E-state index is 14.0. The molecule has 18 heavy (non-hydrogen) atoms. The molecule has 0 saturated carbocycles. The van der Waals surface area contributed by atoms with Crippen LogP contribution in [0.2, 0.25) is 0 Å². The molecule has 0 fully saturated rings. The van der Waals surface area contributed by atoms with E-state index >= 15 is 0 Å². The number of halogens is 1. The first-order chi connectivity index (χ1) is 8.70. The summed E-state index contributed by atoms with van der Waals surface area (Å²) in [6.07, 6.45) is 9.90. The van der Waals surface area contributed by atoms with Gasteiger partial charge in [-0.1, -0.05) is 44.6 Å². The number of benzene rings is 1. The Bertz CT molecular complexity index is 420. The summed E-state index contributed by atoms with van der Waals surface area (Å²) in [7, 11) is 0. The predicted octanol–water partition coefficient (Wildman–Crippen LogP) is 5.24. The van der Waals surface area contributed by atoms with Crippen molar-refractivity contribution in [1.82, 2.24) is 0 Å². The molecule has 0 saturated heterocycles. The number of rotatable bonds is 4. The minimum absolute atomic E-state index is 0.0204. The topological polar surface area (TPSA) is 0 Å². The molecule has 1 aliphatic carbocycles. The molecular weight excluding hydrogens is 223 g/mol. The Morgan fingerprint density at radius 3 is 2.67 bits per heavy atom. The number of allylic oxidation sites excluding steroid dienone is 2. The van der Waals surface area contributed by atoms with Gasteiger partial charge in [-0.25, -0.2) is 4.39 Å². The molecule has 0 spiro atoms. The molecule has 1 heteroatoms. The van der Waals surface area contributed by atoms with Crippen molar-refractivity contribution in [2.75, 3.05) is 0 Å². The second kappa shape index (κ2) is 6.17. The van der Waals surface area contributed by atoms with E-state index < -0.39 is 0 Å². The van der Waals surface area contributed by atoms with Gasteiger partial charge in [0.1, 0.15) is 5.82 Å². The monoisotopic (exact) mass is 246 g/mol. The van der Waals surface area contributed by atoms with Gasteiger partial charge in [0.05, 0.1) is 0 Å². The van der Waals surface area contributed by atoms with Crippen LogP contribution in [-0.2, 0) is 6.42 Å². The van der Waals surface area contributed by atoms with E-state index in [0.29, 0.717) is 11.8 Å². The van der Waals surface area contributed by atoms with Gasteiger partial charge in [-0.15, -0.1) is 0 Å². The molecule has 0 aliphatic heterocycles. The van der Waals surface area contributed by atoms with Crippen molar-refractivity contribution in [3.8, 4) is 0 Å². The lowest BCUT2D eigenvalue weighted by atomic mass is 9.85. The maximum Gasteiger partial charge on any atom is 0.126 e. The fraction of sp³-hybridized carbons (Fsp3) is 0.529. The van der Waals surface area contributed by atoms with Crippen LogP contribution in [0.1, 0.15) is 56.6 Å². The minimum Gasteiger partial charge on any atom is -0.207 e. The summed E-state index contributed by atoms with van der Waals surface area (Å²) in [5.41, 5.74) is 2.00. The zero-order valence-electron chi connectivity index (χ0n) is 11.5. The van der Waals surface area contributed by atoms with Gasteiger partial charge in [0.25, 0.3) is 0 Å². The van der Waals surface area contributed by atoms with Crippen LogP contribution >= 0.6 is 0 Å². The molecule has 1 aromatic carbocycles. The molecule has 0 radical (unpaired) electrons. The molecule has 1 aliphatic rings. The molecule has 2 rings (SSSR count). The fourth-order valence-electron chi connectivity index (χ4n) is 2.60. The Balaban J connectivity index is 2.11. The Morgan fingerprint density at radius 1 is 1.22 bits per heavy atom. The maximum absolute atomic E-state index is 14.0. The van der Waals surface area contributed by atoms with Gasteiger partial charge in [-0.05, 0) is 48.8 Å². The molecule has 0 heterocycles. The predicted molar refractivity (Wildman–Crippen MR) is 75.3 cm³/mol. The average molecular weight is 246 g/mol. The Labute approximate surface area is 110 Å². The van der Waals surface area contributed by atoms with E-state index in [1.807, 2.05) is 6.07 Å². The zero-order chi connectivity index (χ0) is 13.0. The quantitative estimate of drug-likeness (QED) is 0.637. The summed E-state index contributed by atoms with van der Waals surface area (Å²) < 4.78 is 14.0.